The first-order valence-electron chi connectivity index (χ1n) is 9.10. The molecular weight excluding hydrogens is 359 g/mol. The summed E-state index contributed by atoms with van der Waals surface area (Å²) in [7, 11) is 0. The second-order valence-electron chi connectivity index (χ2n) is 8.06. The standard InChI is InChI=1S/C22H19FN2OS/c1-22(2)11-15-19(17(26)12-22)20(13-7-3-4-8-14(13)23)25-16-9-5-6-10-18(16)27-21(25)24-15/h3-10,20H,11-12H2,1-2H3. The molecule has 0 saturated heterocycles. The molecule has 5 heteroatoms. The average molecular weight is 378 g/mol. The van der Waals surface area contributed by atoms with E-state index >= 15 is 0 Å². The van der Waals surface area contributed by atoms with E-state index in [9.17, 15) is 9.18 Å². The summed E-state index contributed by atoms with van der Waals surface area (Å²) in [6.07, 6.45) is 1.19. The van der Waals surface area contributed by atoms with E-state index in [4.69, 9.17) is 4.99 Å². The minimum absolute atomic E-state index is 0.0756. The predicted octanol–water partition coefficient (Wildman–Crippen LogP) is 5.49. The van der Waals surface area contributed by atoms with Crippen LogP contribution < -0.4 is 4.90 Å². The Balaban J connectivity index is 1.76. The summed E-state index contributed by atoms with van der Waals surface area (Å²) in [4.78, 5) is 21.2. The number of anilines is 1. The number of rotatable bonds is 1. The SMILES string of the molecule is CC1(C)CC(=O)C2=C(C1)N=C1Sc3ccccc3N1C2c1ccccc1F. The fourth-order valence-electron chi connectivity index (χ4n) is 4.27. The first-order chi connectivity index (χ1) is 12.9. The molecule has 136 valence electrons. The van der Waals surface area contributed by atoms with Gasteiger partial charge < -0.3 is 4.90 Å². The van der Waals surface area contributed by atoms with Gasteiger partial charge in [0, 0.05) is 22.5 Å². The number of fused-ring (bicyclic) bond motifs is 3. The molecule has 2 heterocycles. The molecule has 0 amide bonds. The molecule has 0 bridgehead atoms. The van der Waals surface area contributed by atoms with E-state index in [1.807, 2.05) is 35.2 Å². The van der Waals surface area contributed by atoms with Gasteiger partial charge in [0.15, 0.2) is 11.0 Å². The maximum Gasteiger partial charge on any atom is 0.174 e. The molecule has 0 saturated carbocycles. The Labute approximate surface area is 162 Å². The molecule has 2 aliphatic heterocycles. The molecular formula is C22H19FN2OS. The lowest BCUT2D eigenvalue weighted by Gasteiger charge is -2.40. The number of carbonyl (C=O) groups excluding carboxylic acids is 1. The van der Waals surface area contributed by atoms with Crippen LogP contribution in [0.25, 0.3) is 0 Å². The van der Waals surface area contributed by atoms with Crippen LogP contribution in [-0.4, -0.2) is 11.0 Å². The number of hydrogen-bond acceptors (Lipinski definition) is 4. The summed E-state index contributed by atoms with van der Waals surface area (Å²) >= 11 is 1.59. The van der Waals surface area contributed by atoms with Crippen LogP contribution in [0.2, 0.25) is 0 Å². The number of hydrogen-bond donors (Lipinski definition) is 0. The van der Waals surface area contributed by atoms with Crippen molar-refractivity contribution in [2.45, 2.75) is 37.6 Å². The number of carbonyl (C=O) groups is 1. The van der Waals surface area contributed by atoms with Gasteiger partial charge in [-0.3, -0.25) is 4.79 Å². The summed E-state index contributed by atoms with van der Waals surface area (Å²) < 4.78 is 14.8. The van der Waals surface area contributed by atoms with Crippen molar-refractivity contribution in [2.24, 2.45) is 10.4 Å². The van der Waals surface area contributed by atoms with E-state index < -0.39 is 6.04 Å². The molecule has 0 fully saturated rings. The fourth-order valence-corrected chi connectivity index (χ4v) is 5.34. The number of halogens is 1. The highest BCUT2D eigenvalue weighted by molar-refractivity contribution is 8.14. The van der Waals surface area contributed by atoms with Crippen molar-refractivity contribution in [1.82, 2.24) is 0 Å². The lowest BCUT2D eigenvalue weighted by molar-refractivity contribution is -0.118. The average Bonchev–Trinajstić information content (AvgIpc) is 2.97. The lowest BCUT2D eigenvalue weighted by Crippen LogP contribution is -2.41. The molecule has 27 heavy (non-hydrogen) atoms. The summed E-state index contributed by atoms with van der Waals surface area (Å²) in [5, 5.41) is 0.828. The zero-order valence-corrected chi connectivity index (χ0v) is 16.0. The fraction of sp³-hybridized carbons (Fsp3) is 0.273. The third kappa shape index (κ3) is 2.56. The van der Waals surface area contributed by atoms with Gasteiger partial charge in [-0.15, -0.1) is 0 Å². The second kappa shape index (κ2) is 5.80. The molecule has 3 aliphatic rings. The lowest BCUT2D eigenvalue weighted by atomic mass is 9.73. The summed E-state index contributed by atoms with van der Waals surface area (Å²) in [5.41, 5.74) is 2.86. The minimum atomic E-state index is -0.464. The first kappa shape index (κ1) is 16.8. The van der Waals surface area contributed by atoms with Crippen molar-refractivity contribution in [3.8, 4) is 0 Å². The molecule has 0 spiro atoms. The summed E-state index contributed by atoms with van der Waals surface area (Å²) in [6, 6.07) is 14.3. The number of thioether (sulfide) groups is 1. The molecule has 3 nitrogen and oxygen atoms in total. The maximum absolute atomic E-state index is 14.8. The van der Waals surface area contributed by atoms with Crippen molar-refractivity contribution in [3.63, 3.8) is 0 Å². The van der Waals surface area contributed by atoms with E-state index in [0.29, 0.717) is 17.6 Å². The van der Waals surface area contributed by atoms with E-state index in [2.05, 4.69) is 13.8 Å². The number of nitrogens with zero attached hydrogens (tertiary/aromatic N) is 2. The monoisotopic (exact) mass is 378 g/mol. The van der Waals surface area contributed by atoms with Crippen molar-refractivity contribution < 1.29 is 9.18 Å². The molecule has 2 aromatic rings. The zero-order chi connectivity index (χ0) is 18.8. The molecule has 0 aromatic heterocycles. The highest BCUT2D eigenvalue weighted by atomic mass is 32.2. The largest absolute Gasteiger partial charge is 0.308 e. The van der Waals surface area contributed by atoms with Crippen LogP contribution in [0.1, 0.15) is 38.3 Å². The number of para-hydroxylation sites is 1. The molecule has 2 aromatic carbocycles. The van der Waals surface area contributed by atoms with Gasteiger partial charge in [0.25, 0.3) is 0 Å². The van der Waals surface area contributed by atoms with Gasteiger partial charge in [-0.2, -0.15) is 0 Å². The normalized spacial score (nSPS) is 22.9. The molecule has 0 N–H and O–H groups in total. The quantitative estimate of drug-likeness (QED) is 0.658. The second-order valence-corrected chi connectivity index (χ2v) is 9.07. The van der Waals surface area contributed by atoms with Crippen molar-refractivity contribution in [2.75, 3.05) is 4.90 Å². The Morgan fingerprint density at radius 3 is 2.67 bits per heavy atom. The number of allylic oxidation sites excluding steroid dienone is 1. The molecule has 0 radical (unpaired) electrons. The third-order valence-corrected chi connectivity index (χ3v) is 6.43. The van der Waals surface area contributed by atoms with Crippen LogP contribution in [0.5, 0.6) is 0 Å². The number of amidine groups is 1. The number of aliphatic imine (C=N–C) groups is 1. The van der Waals surface area contributed by atoms with Gasteiger partial charge in [0.1, 0.15) is 5.82 Å². The Hall–Kier alpha value is -2.40. The molecule has 5 rings (SSSR count). The highest BCUT2D eigenvalue weighted by Crippen LogP contribution is 2.53. The van der Waals surface area contributed by atoms with E-state index in [-0.39, 0.29) is 17.0 Å². The Kier molecular flexibility index (Phi) is 3.60. The summed E-state index contributed by atoms with van der Waals surface area (Å²) in [5.74, 6) is -0.214. The number of Topliss-reactive ketones (excluding diaryl/α,β-unsaturated/α-hetero) is 1. The van der Waals surface area contributed by atoms with Crippen molar-refractivity contribution >= 4 is 28.4 Å². The van der Waals surface area contributed by atoms with Gasteiger partial charge in [-0.05, 0) is 41.8 Å². The van der Waals surface area contributed by atoms with Gasteiger partial charge >= 0.3 is 0 Å². The van der Waals surface area contributed by atoms with Crippen LogP contribution in [0.15, 0.2) is 69.7 Å². The Bertz CT molecular complexity index is 1040. The smallest absolute Gasteiger partial charge is 0.174 e. The Morgan fingerprint density at radius 2 is 1.85 bits per heavy atom. The van der Waals surface area contributed by atoms with Crippen molar-refractivity contribution in [3.05, 3.63) is 71.2 Å². The van der Waals surface area contributed by atoms with Crippen LogP contribution >= 0.6 is 11.8 Å². The first-order valence-corrected chi connectivity index (χ1v) is 9.92. The predicted molar refractivity (Wildman–Crippen MR) is 106 cm³/mol. The van der Waals surface area contributed by atoms with E-state index in [1.54, 1.807) is 23.9 Å². The summed E-state index contributed by atoms with van der Waals surface area (Å²) in [6.45, 7) is 4.19. The Morgan fingerprint density at radius 1 is 1.11 bits per heavy atom. The number of ketones is 1. The molecule has 1 atom stereocenters. The maximum atomic E-state index is 14.8. The number of benzene rings is 2. The van der Waals surface area contributed by atoms with Crippen LogP contribution in [-0.2, 0) is 4.79 Å². The van der Waals surface area contributed by atoms with Crippen LogP contribution in [0, 0.1) is 11.2 Å². The van der Waals surface area contributed by atoms with Gasteiger partial charge in [-0.25, -0.2) is 9.38 Å². The minimum Gasteiger partial charge on any atom is -0.308 e. The molecule has 1 unspecified atom stereocenters. The zero-order valence-electron chi connectivity index (χ0n) is 15.2. The highest BCUT2D eigenvalue weighted by Gasteiger charge is 2.46. The van der Waals surface area contributed by atoms with Crippen LogP contribution in [0.3, 0.4) is 0 Å². The van der Waals surface area contributed by atoms with Crippen LogP contribution in [0.4, 0.5) is 10.1 Å². The van der Waals surface area contributed by atoms with E-state index in [1.165, 1.54) is 6.07 Å². The topological polar surface area (TPSA) is 32.7 Å². The van der Waals surface area contributed by atoms with Gasteiger partial charge in [0.2, 0.25) is 0 Å². The van der Waals surface area contributed by atoms with Gasteiger partial charge in [-0.1, -0.05) is 44.2 Å². The van der Waals surface area contributed by atoms with E-state index in [0.717, 1.165) is 27.9 Å². The third-order valence-electron chi connectivity index (χ3n) is 5.39. The molecule has 1 aliphatic carbocycles. The van der Waals surface area contributed by atoms with Gasteiger partial charge in [0.05, 0.1) is 17.4 Å². The van der Waals surface area contributed by atoms with Crippen molar-refractivity contribution in [1.29, 1.82) is 0 Å².